The second kappa shape index (κ2) is 66.8. The number of hydrogen-bond acceptors (Lipinski definition) is 18. The Morgan fingerprint density at radius 2 is 0.660 bits per heavy atom. The van der Waals surface area contributed by atoms with Crippen molar-refractivity contribution in [3.63, 3.8) is 0 Å². The zero-order chi connectivity index (χ0) is 76.7. The van der Waals surface area contributed by atoms with Gasteiger partial charge in [0.25, 0.3) is 0 Å². The standard InChI is InChI=1S/C87H157NO18/c1-3-5-7-9-11-13-15-17-19-21-23-25-27-29-31-33-35-37-39-41-43-45-47-49-51-53-55-57-59-61-63-65-75(93)88-70(71(92)64-62-60-58-56-54-52-50-48-46-44-42-40-38-36-34-32-30-28-26-24-22-20-18-16-14-12-10-8-6-4-2)69-101-85-81(99)78(96)83(73(67-90)103-85)106-87-82(100)79(97)84(74(68-91)104-87)105-86-80(98)77(95)76(94)72(66-89)102-86/h5,7,11,13,17,19,23,25,54,56,62,64,70-74,76-87,89-92,94-100H,3-4,6,8-10,12,14-16,18,20-22,24,26-53,55,57-61,63,65-69H2,1-2H3,(H,88,93)/b7-5-,13-11-,19-17-,25-23-,56-54+,64-62+. The van der Waals surface area contributed by atoms with Crippen molar-refractivity contribution in [2.45, 2.75) is 446 Å². The zero-order valence-electron chi connectivity index (χ0n) is 66.4. The maximum Gasteiger partial charge on any atom is 0.220 e. The minimum atomic E-state index is -1.98. The van der Waals surface area contributed by atoms with Gasteiger partial charge < -0.3 is 89.9 Å². The van der Waals surface area contributed by atoms with E-state index >= 15 is 0 Å². The molecule has 0 bridgehead atoms. The molecule has 3 fully saturated rings. The molecule has 0 radical (unpaired) electrons. The SMILES string of the molecule is CC/C=C\C/C=C\C/C=C\C/C=C\CCCCCCCCCCCCCCCCCCCCC(=O)NC(COC1OC(CO)C(OC2OC(CO)C(OC3OC(CO)C(O)C(O)C3O)C(O)C2O)C(O)C1O)C(O)/C=C/CC/C=C/CCCCCCCCCCCCCCCCCCCCCCCCCC. The monoisotopic (exact) mass is 1500 g/mol. The first-order valence-electron chi connectivity index (χ1n) is 43.2. The number of ether oxygens (including phenoxy) is 6. The molecule has 3 saturated heterocycles. The summed E-state index contributed by atoms with van der Waals surface area (Å²) in [6.45, 7) is 1.65. The maximum atomic E-state index is 13.5. The lowest BCUT2D eigenvalue weighted by Gasteiger charge is -2.48. The molecular formula is C87H157NO18. The average Bonchev–Trinajstić information content (AvgIpc) is 0.780. The van der Waals surface area contributed by atoms with Gasteiger partial charge in [0, 0.05) is 6.42 Å². The summed E-state index contributed by atoms with van der Waals surface area (Å²) in [6, 6.07) is -0.994. The number of aliphatic hydroxyl groups excluding tert-OH is 11. The van der Waals surface area contributed by atoms with Gasteiger partial charge in [-0.1, -0.05) is 337 Å². The molecule has 0 aliphatic carbocycles. The molecule has 3 aliphatic heterocycles. The van der Waals surface area contributed by atoms with Crippen LogP contribution in [0.3, 0.4) is 0 Å². The molecule has 0 aromatic rings. The summed E-state index contributed by atoms with van der Waals surface area (Å²) in [5, 5.41) is 121. The van der Waals surface area contributed by atoms with Gasteiger partial charge in [-0.2, -0.15) is 0 Å². The lowest BCUT2D eigenvalue weighted by atomic mass is 9.96. The number of carbonyl (C=O) groups is 1. The molecule has 17 unspecified atom stereocenters. The first kappa shape index (κ1) is 97.4. The van der Waals surface area contributed by atoms with Gasteiger partial charge in [0.05, 0.1) is 38.6 Å². The minimum absolute atomic E-state index is 0.235. The Balaban J connectivity index is 1.36. The fourth-order valence-corrected chi connectivity index (χ4v) is 14.4. The molecule has 17 atom stereocenters. The van der Waals surface area contributed by atoms with E-state index in [1.54, 1.807) is 6.08 Å². The lowest BCUT2D eigenvalue weighted by Crippen LogP contribution is -2.66. The highest BCUT2D eigenvalue weighted by molar-refractivity contribution is 5.76. The fourth-order valence-electron chi connectivity index (χ4n) is 14.4. The van der Waals surface area contributed by atoms with Crippen LogP contribution in [0.15, 0.2) is 72.9 Å². The Kier molecular flexibility index (Phi) is 61.4. The molecule has 0 saturated carbocycles. The summed E-state index contributed by atoms with van der Waals surface area (Å²) in [4.78, 5) is 13.5. The molecule has 12 N–H and O–H groups in total. The normalized spacial score (nSPS) is 26.0. The molecule has 3 heterocycles. The number of rotatable bonds is 69. The molecule has 19 heteroatoms. The van der Waals surface area contributed by atoms with Crippen molar-refractivity contribution in [1.29, 1.82) is 0 Å². The predicted octanol–water partition coefficient (Wildman–Crippen LogP) is 15.6. The third-order valence-electron chi connectivity index (χ3n) is 21.2. The second-order valence-corrected chi connectivity index (χ2v) is 30.6. The molecule has 106 heavy (non-hydrogen) atoms. The Hall–Kier alpha value is -2.77. The second-order valence-electron chi connectivity index (χ2n) is 30.6. The van der Waals surface area contributed by atoms with Crippen LogP contribution in [0.25, 0.3) is 0 Å². The fraction of sp³-hybridized carbons (Fsp3) is 0.851. The van der Waals surface area contributed by atoms with E-state index in [0.29, 0.717) is 12.8 Å². The zero-order valence-corrected chi connectivity index (χ0v) is 66.4. The van der Waals surface area contributed by atoms with Gasteiger partial charge in [0.15, 0.2) is 18.9 Å². The largest absolute Gasteiger partial charge is 0.394 e. The van der Waals surface area contributed by atoms with Gasteiger partial charge >= 0.3 is 0 Å². The number of amides is 1. The van der Waals surface area contributed by atoms with Crippen LogP contribution in [-0.2, 0) is 33.2 Å². The molecule has 3 rings (SSSR count). The first-order chi connectivity index (χ1) is 51.8. The van der Waals surface area contributed by atoms with Gasteiger partial charge in [0.2, 0.25) is 5.91 Å². The van der Waals surface area contributed by atoms with Crippen LogP contribution in [0.1, 0.15) is 341 Å². The van der Waals surface area contributed by atoms with E-state index in [2.05, 4.69) is 79.9 Å². The van der Waals surface area contributed by atoms with Gasteiger partial charge in [-0.15, -0.1) is 0 Å². The van der Waals surface area contributed by atoms with Crippen molar-refractivity contribution in [1.82, 2.24) is 5.32 Å². The van der Waals surface area contributed by atoms with Crippen LogP contribution in [0.5, 0.6) is 0 Å². The topological polar surface area (TPSA) is 307 Å². The van der Waals surface area contributed by atoms with E-state index in [0.717, 1.165) is 64.2 Å². The number of carbonyl (C=O) groups excluding carboxylic acids is 1. The summed E-state index contributed by atoms with van der Waals surface area (Å²) in [7, 11) is 0. The van der Waals surface area contributed by atoms with Crippen molar-refractivity contribution in [2.75, 3.05) is 26.4 Å². The van der Waals surface area contributed by atoms with Crippen molar-refractivity contribution in [2.24, 2.45) is 0 Å². The highest BCUT2D eigenvalue weighted by Gasteiger charge is 2.54. The van der Waals surface area contributed by atoms with Crippen LogP contribution in [0.4, 0.5) is 0 Å². The Morgan fingerprint density at radius 3 is 1.06 bits per heavy atom. The summed E-state index contributed by atoms with van der Waals surface area (Å²) in [5.41, 5.74) is 0. The molecule has 0 aromatic carbocycles. The number of hydrogen-bond donors (Lipinski definition) is 12. The van der Waals surface area contributed by atoms with E-state index in [-0.39, 0.29) is 18.9 Å². The van der Waals surface area contributed by atoms with Crippen LogP contribution < -0.4 is 5.32 Å². The Bertz CT molecular complexity index is 2190. The molecule has 1 amide bonds. The van der Waals surface area contributed by atoms with Gasteiger partial charge in [-0.25, -0.2) is 0 Å². The van der Waals surface area contributed by atoms with Crippen LogP contribution >= 0.6 is 0 Å². The summed E-state index contributed by atoms with van der Waals surface area (Å²) >= 11 is 0. The van der Waals surface area contributed by atoms with Crippen molar-refractivity contribution in [3.05, 3.63) is 72.9 Å². The molecule has 0 spiro atoms. The van der Waals surface area contributed by atoms with Crippen molar-refractivity contribution >= 4 is 5.91 Å². The highest BCUT2D eigenvalue weighted by atomic mass is 16.8. The van der Waals surface area contributed by atoms with Gasteiger partial charge in [-0.05, 0) is 70.6 Å². The number of nitrogens with one attached hydrogen (secondary N) is 1. The third kappa shape index (κ3) is 45.7. The van der Waals surface area contributed by atoms with Crippen molar-refractivity contribution < 1.29 is 89.4 Å². The van der Waals surface area contributed by atoms with E-state index < -0.39 is 124 Å². The third-order valence-corrected chi connectivity index (χ3v) is 21.2. The average molecular weight is 1510 g/mol. The van der Waals surface area contributed by atoms with E-state index in [4.69, 9.17) is 28.4 Å². The quantitative estimate of drug-likeness (QED) is 0.0199. The lowest BCUT2D eigenvalue weighted by molar-refractivity contribution is -0.379. The highest BCUT2D eigenvalue weighted by Crippen LogP contribution is 2.33. The smallest absolute Gasteiger partial charge is 0.220 e. The molecule has 19 nitrogen and oxygen atoms in total. The molecule has 3 aliphatic rings. The molecule has 618 valence electrons. The van der Waals surface area contributed by atoms with Gasteiger partial charge in [-0.3, -0.25) is 4.79 Å². The van der Waals surface area contributed by atoms with E-state index in [9.17, 15) is 61.0 Å². The summed E-state index contributed by atoms with van der Waals surface area (Å²) in [6.07, 6.45) is 61.9. The molecule has 0 aromatic heterocycles. The van der Waals surface area contributed by atoms with Crippen molar-refractivity contribution in [3.8, 4) is 0 Å². The Morgan fingerprint density at radius 1 is 0.349 bits per heavy atom. The first-order valence-corrected chi connectivity index (χ1v) is 43.2. The Labute approximate surface area is 642 Å². The summed E-state index contributed by atoms with van der Waals surface area (Å²) in [5.74, 6) is -0.281. The van der Waals surface area contributed by atoms with Crippen LogP contribution in [0, 0.1) is 0 Å². The maximum absolute atomic E-state index is 13.5. The van der Waals surface area contributed by atoms with Gasteiger partial charge in [0.1, 0.15) is 73.2 Å². The molecular weight excluding hydrogens is 1350 g/mol. The van der Waals surface area contributed by atoms with Crippen LogP contribution in [-0.4, -0.2) is 193 Å². The van der Waals surface area contributed by atoms with E-state index in [1.165, 1.54) is 244 Å². The van der Waals surface area contributed by atoms with E-state index in [1.807, 2.05) is 6.08 Å². The number of allylic oxidation sites excluding steroid dienone is 11. The number of unbranched alkanes of at least 4 members (excludes halogenated alkanes) is 43. The summed E-state index contributed by atoms with van der Waals surface area (Å²) < 4.78 is 34.5. The van der Waals surface area contributed by atoms with Crippen LogP contribution in [0.2, 0.25) is 0 Å². The predicted molar refractivity (Wildman–Crippen MR) is 425 cm³/mol. The minimum Gasteiger partial charge on any atom is -0.394 e. The number of aliphatic hydroxyl groups is 11.